The average Bonchev–Trinajstić information content (AvgIpc) is 3.28. The van der Waals surface area contributed by atoms with E-state index in [1.54, 1.807) is 17.9 Å². The number of rotatable bonds is 8. The SMILES string of the molecule is Cn1c(=O)c2c(ncn2CCCOc2ccc(C(C#N)Nc3ccc(Br)cc3)cc2)n(C)c1=O. The van der Waals surface area contributed by atoms with Crippen LogP contribution in [0, 0.1) is 11.3 Å². The first-order valence-corrected chi connectivity index (χ1v) is 11.4. The molecule has 0 saturated heterocycles. The third kappa shape index (κ3) is 4.75. The van der Waals surface area contributed by atoms with Crippen molar-refractivity contribution < 1.29 is 4.74 Å². The van der Waals surface area contributed by atoms with E-state index in [9.17, 15) is 14.9 Å². The Bertz CT molecular complexity index is 1460. The molecule has 4 aromatic rings. The molecule has 1 atom stereocenters. The molecule has 34 heavy (non-hydrogen) atoms. The number of hydrogen-bond donors (Lipinski definition) is 1. The fourth-order valence-corrected chi connectivity index (χ4v) is 3.92. The fourth-order valence-electron chi connectivity index (χ4n) is 3.65. The fraction of sp³-hybridized carbons (Fsp3) is 0.250. The zero-order valence-electron chi connectivity index (χ0n) is 18.7. The van der Waals surface area contributed by atoms with Gasteiger partial charge in [-0.3, -0.25) is 13.9 Å². The van der Waals surface area contributed by atoms with Crippen molar-refractivity contribution in [1.29, 1.82) is 5.26 Å². The Hall–Kier alpha value is -3.84. The van der Waals surface area contributed by atoms with Gasteiger partial charge in [0.15, 0.2) is 11.2 Å². The summed E-state index contributed by atoms with van der Waals surface area (Å²) in [5.41, 5.74) is 1.69. The van der Waals surface area contributed by atoms with E-state index in [0.717, 1.165) is 20.3 Å². The van der Waals surface area contributed by atoms with Crippen molar-refractivity contribution in [1.82, 2.24) is 18.7 Å². The van der Waals surface area contributed by atoms with Crippen LogP contribution in [0.3, 0.4) is 0 Å². The number of fused-ring (bicyclic) bond motifs is 1. The second kappa shape index (κ2) is 9.97. The number of ether oxygens (including phenoxy) is 1. The van der Waals surface area contributed by atoms with Crippen molar-refractivity contribution in [2.45, 2.75) is 19.0 Å². The van der Waals surface area contributed by atoms with Crippen molar-refractivity contribution in [3.63, 3.8) is 0 Å². The van der Waals surface area contributed by atoms with Crippen molar-refractivity contribution >= 4 is 32.8 Å². The van der Waals surface area contributed by atoms with E-state index >= 15 is 0 Å². The van der Waals surface area contributed by atoms with E-state index in [1.807, 2.05) is 48.5 Å². The van der Waals surface area contributed by atoms with Gasteiger partial charge in [0.2, 0.25) is 0 Å². The number of imidazole rings is 1. The highest BCUT2D eigenvalue weighted by atomic mass is 79.9. The highest BCUT2D eigenvalue weighted by Gasteiger charge is 2.14. The lowest BCUT2D eigenvalue weighted by atomic mass is 10.1. The standard InChI is InChI=1S/C24H23BrN6O3/c1-29-22-21(23(32)30(2)24(29)33)31(15-27-22)12-3-13-34-19-10-4-16(5-11-19)20(14-26)28-18-8-6-17(25)7-9-18/h4-11,15,20,28H,3,12-13H2,1-2H3. The predicted molar refractivity (Wildman–Crippen MR) is 133 cm³/mol. The summed E-state index contributed by atoms with van der Waals surface area (Å²) in [6, 6.07) is 16.8. The van der Waals surface area contributed by atoms with E-state index in [0.29, 0.717) is 36.5 Å². The summed E-state index contributed by atoms with van der Waals surface area (Å²) in [6.45, 7) is 0.958. The van der Waals surface area contributed by atoms with Gasteiger partial charge in [0.25, 0.3) is 5.56 Å². The first kappa shape index (κ1) is 23.3. The first-order chi connectivity index (χ1) is 16.4. The second-order valence-corrected chi connectivity index (χ2v) is 8.72. The molecule has 1 unspecified atom stereocenters. The molecule has 0 aliphatic carbocycles. The largest absolute Gasteiger partial charge is 0.494 e. The van der Waals surface area contributed by atoms with Crippen LogP contribution in [0.1, 0.15) is 18.0 Å². The molecule has 0 saturated carbocycles. The first-order valence-electron chi connectivity index (χ1n) is 10.6. The summed E-state index contributed by atoms with van der Waals surface area (Å²) in [7, 11) is 3.05. The number of benzene rings is 2. The van der Waals surface area contributed by atoms with Crippen molar-refractivity contribution in [2.24, 2.45) is 14.1 Å². The molecule has 10 heteroatoms. The summed E-state index contributed by atoms with van der Waals surface area (Å²) in [5.74, 6) is 0.692. The van der Waals surface area contributed by atoms with Crippen LogP contribution < -0.4 is 21.3 Å². The number of nitriles is 1. The van der Waals surface area contributed by atoms with Gasteiger partial charge >= 0.3 is 5.69 Å². The number of nitrogens with zero attached hydrogens (tertiary/aromatic N) is 5. The molecule has 0 bridgehead atoms. The minimum atomic E-state index is -0.483. The second-order valence-electron chi connectivity index (χ2n) is 7.80. The molecule has 0 amide bonds. The van der Waals surface area contributed by atoms with E-state index in [1.165, 1.54) is 11.6 Å². The van der Waals surface area contributed by atoms with E-state index in [4.69, 9.17) is 4.74 Å². The quantitative estimate of drug-likeness (QED) is 0.355. The minimum Gasteiger partial charge on any atom is -0.494 e. The van der Waals surface area contributed by atoms with Gasteiger partial charge in [-0.15, -0.1) is 0 Å². The molecular weight excluding hydrogens is 500 g/mol. The van der Waals surface area contributed by atoms with Gasteiger partial charge in [-0.05, 0) is 48.4 Å². The monoisotopic (exact) mass is 522 g/mol. The highest BCUT2D eigenvalue weighted by molar-refractivity contribution is 9.10. The molecule has 0 spiro atoms. The maximum absolute atomic E-state index is 12.5. The molecule has 0 radical (unpaired) electrons. The molecule has 0 aliphatic rings. The van der Waals surface area contributed by atoms with Crippen molar-refractivity contribution in [3.05, 3.63) is 85.7 Å². The smallest absolute Gasteiger partial charge is 0.332 e. The van der Waals surface area contributed by atoms with Gasteiger partial charge in [0.1, 0.15) is 11.8 Å². The van der Waals surface area contributed by atoms with Gasteiger partial charge in [-0.25, -0.2) is 9.78 Å². The number of halogens is 1. The minimum absolute atomic E-state index is 0.365. The lowest BCUT2D eigenvalue weighted by Gasteiger charge is -2.14. The Morgan fingerprint density at radius 1 is 1.09 bits per heavy atom. The lowest BCUT2D eigenvalue weighted by Crippen LogP contribution is -2.37. The van der Waals surface area contributed by atoms with Crippen LogP contribution >= 0.6 is 15.9 Å². The van der Waals surface area contributed by atoms with Crippen LogP contribution in [0.25, 0.3) is 11.2 Å². The third-order valence-corrected chi connectivity index (χ3v) is 6.06. The van der Waals surface area contributed by atoms with Crippen molar-refractivity contribution in [2.75, 3.05) is 11.9 Å². The van der Waals surface area contributed by atoms with E-state index < -0.39 is 11.7 Å². The number of hydrogen-bond acceptors (Lipinski definition) is 6. The summed E-state index contributed by atoms with van der Waals surface area (Å²) in [5, 5.41) is 12.8. The molecule has 0 aliphatic heterocycles. The van der Waals surface area contributed by atoms with E-state index in [-0.39, 0.29) is 5.56 Å². The Labute approximate surface area is 204 Å². The molecule has 2 aromatic carbocycles. The van der Waals surface area contributed by atoms with Gasteiger partial charge in [-0.2, -0.15) is 5.26 Å². The van der Waals surface area contributed by atoms with Crippen LogP contribution in [-0.2, 0) is 20.6 Å². The van der Waals surface area contributed by atoms with Gasteiger partial charge < -0.3 is 14.6 Å². The lowest BCUT2D eigenvalue weighted by molar-refractivity contribution is 0.302. The molecule has 4 rings (SSSR count). The topological polar surface area (TPSA) is 107 Å². The van der Waals surface area contributed by atoms with E-state index in [2.05, 4.69) is 32.3 Å². The molecule has 0 fully saturated rings. The summed E-state index contributed by atoms with van der Waals surface area (Å²) < 4.78 is 11.0. The van der Waals surface area contributed by atoms with Gasteiger partial charge in [0.05, 0.1) is 19.0 Å². The molecule has 2 aromatic heterocycles. The zero-order valence-corrected chi connectivity index (χ0v) is 20.3. The molecule has 9 nitrogen and oxygen atoms in total. The van der Waals surface area contributed by atoms with Crippen LogP contribution in [0.4, 0.5) is 5.69 Å². The van der Waals surface area contributed by atoms with Crippen LogP contribution in [0.5, 0.6) is 5.75 Å². The third-order valence-electron chi connectivity index (χ3n) is 5.53. The normalized spacial score (nSPS) is 11.8. The van der Waals surface area contributed by atoms with Crippen LogP contribution in [0.2, 0.25) is 0 Å². The Kier molecular flexibility index (Phi) is 6.84. The zero-order chi connectivity index (χ0) is 24.2. The summed E-state index contributed by atoms with van der Waals surface area (Å²) in [4.78, 5) is 28.8. The van der Waals surface area contributed by atoms with Gasteiger partial charge in [-0.1, -0.05) is 28.1 Å². The Balaban J connectivity index is 1.35. The molecule has 174 valence electrons. The molecular formula is C24H23BrN6O3. The maximum atomic E-state index is 12.5. The number of aryl methyl sites for hydroxylation is 2. The van der Waals surface area contributed by atoms with Gasteiger partial charge in [0, 0.05) is 30.8 Å². The average molecular weight is 523 g/mol. The predicted octanol–water partition coefficient (Wildman–Crippen LogP) is 3.34. The Morgan fingerprint density at radius 3 is 2.47 bits per heavy atom. The number of nitrogens with one attached hydrogen (secondary N) is 1. The van der Waals surface area contributed by atoms with Crippen LogP contribution in [-0.4, -0.2) is 25.3 Å². The summed E-state index contributed by atoms with van der Waals surface area (Å²) in [6.07, 6.45) is 2.21. The summed E-state index contributed by atoms with van der Waals surface area (Å²) >= 11 is 3.40. The number of anilines is 1. The van der Waals surface area contributed by atoms with Crippen LogP contribution in [0.15, 0.2) is 68.9 Å². The molecule has 2 heterocycles. The molecule has 1 N–H and O–H groups in total. The van der Waals surface area contributed by atoms with Crippen molar-refractivity contribution in [3.8, 4) is 11.8 Å². The Morgan fingerprint density at radius 2 is 1.79 bits per heavy atom. The highest BCUT2D eigenvalue weighted by Crippen LogP contribution is 2.23. The number of aromatic nitrogens is 4. The maximum Gasteiger partial charge on any atom is 0.332 e.